The molecule has 0 radical (unpaired) electrons. The fourth-order valence-electron chi connectivity index (χ4n) is 4.08. The average molecular weight is 571 g/mol. The van der Waals surface area contributed by atoms with Crippen molar-refractivity contribution in [3.05, 3.63) is 48.6 Å². The van der Waals surface area contributed by atoms with Crippen LogP contribution in [-0.4, -0.2) is 116 Å². The molecule has 7 N–H and O–H groups in total. The van der Waals surface area contributed by atoms with E-state index in [4.69, 9.17) is 23.7 Å². The summed E-state index contributed by atoms with van der Waals surface area (Å²) in [6.07, 6.45) is -6.96. The van der Waals surface area contributed by atoms with Crippen LogP contribution in [0.25, 0.3) is 0 Å². The van der Waals surface area contributed by atoms with E-state index in [1.54, 1.807) is 13.0 Å². The molecule has 0 bridgehead atoms. The molecule has 2 aliphatic rings. The van der Waals surface area contributed by atoms with E-state index in [0.717, 1.165) is 0 Å². The van der Waals surface area contributed by atoms with Gasteiger partial charge in [-0.2, -0.15) is 0 Å². The van der Waals surface area contributed by atoms with Gasteiger partial charge >= 0.3 is 5.97 Å². The van der Waals surface area contributed by atoms with Crippen molar-refractivity contribution in [1.29, 1.82) is 0 Å². The summed E-state index contributed by atoms with van der Waals surface area (Å²) in [6, 6.07) is 5.51. The second kappa shape index (κ2) is 13.4. The summed E-state index contributed by atoms with van der Waals surface area (Å²) in [5.41, 5.74) is -2.92. The highest BCUT2D eigenvalue weighted by Crippen LogP contribution is 2.32. The smallest absolute Gasteiger partial charge is 0.333 e. The predicted octanol–water partition coefficient (Wildman–Crippen LogP) is -0.750. The summed E-state index contributed by atoms with van der Waals surface area (Å²) in [5, 5.41) is 71.7. The molecule has 0 spiro atoms. The van der Waals surface area contributed by atoms with Crippen LogP contribution in [0, 0.1) is 0 Å². The highest BCUT2D eigenvalue weighted by Gasteiger charge is 2.54. The first-order chi connectivity index (χ1) is 18.8. The van der Waals surface area contributed by atoms with Crippen LogP contribution in [0.5, 0.6) is 11.5 Å². The molecule has 1 aromatic rings. The number of hydrogen-bond donors (Lipinski definition) is 7. The number of carbonyl (C=O) groups excluding carboxylic acids is 1. The van der Waals surface area contributed by atoms with E-state index in [2.05, 4.69) is 6.58 Å². The van der Waals surface area contributed by atoms with Crippen LogP contribution in [0.3, 0.4) is 0 Å². The number of aliphatic hydroxyl groups is 6. The zero-order valence-corrected chi connectivity index (χ0v) is 22.3. The average Bonchev–Trinajstić information content (AvgIpc) is 3.21. The topological polar surface area (TPSA) is 205 Å². The number of hydrogen-bond acceptors (Lipinski definition) is 13. The number of rotatable bonds is 12. The van der Waals surface area contributed by atoms with Crippen molar-refractivity contribution >= 4 is 5.97 Å². The van der Waals surface area contributed by atoms with Crippen LogP contribution < -0.4 is 4.74 Å². The fraction of sp³-hybridized carbons (Fsp3) is 0.593. The minimum Gasteiger partial charge on any atom is -0.508 e. The first kappa shape index (κ1) is 31.9. The lowest BCUT2D eigenvalue weighted by atomic mass is 9.98. The number of allylic oxidation sites excluding steroid dienone is 1. The van der Waals surface area contributed by atoms with Gasteiger partial charge in [-0.3, -0.25) is 0 Å². The van der Waals surface area contributed by atoms with Crippen LogP contribution in [0.2, 0.25) is 0 Å². The van der Waals surface area contributed by atoms with Gasteiger partial charge in [0.15, 0.2) is 18.0 Å². The highest BCUT2D eigenvalue weighted by atomic mass is 16.8. The van der Waals surface area contributed by atoms with E-state index in [0.29, 0.717) is 12.8 Å². The quantitative estimate of drug-likeness (QED) is 0.0940. The maximum atomic E-state index is 12.4. The number of phenolic OH excluding ortho intramolecular Hbond substituents is 1. The maximum absolute atomic E-state index is 12.4. The van der Waals surface area contributed by atoms with Crippen LogP contribution in [0.15, 0.2) is 48.6 Å². The number of phenols is 1. The standard InChI is InChI=1S/C27H38O13/c1-4-26(3,34)11-5-6-15(2)23(33)36-13-27(35)14-37-25(22(27)32)40-21-20(31)19(30)18(12-28)39-24(21)38-17-9-7-16(29)8-10-17/h4,6-10,18-22,24-25,28-32,34-35H,1,5,11-14H2,2-3H3/t18-,19+,20+,21+,22+,24+,25+,26-,27-/m1/s1. The van der Waals surface area contributed by atoms with Crippen LogP contribution in [-0.2, 0) is 23.7 Å². The Kier molecular flexibility index (Phi) is 10.7. The Morgan fingerprint density at radius 1 is 1.20 bits per heavy atom. The lowest BCUT2D eigenvalue weighted by Gasteiger charge is -2.42. The molecule has 0 saturated carbocycles. The summed E-state index contributed by atoms with van der Waals surface area (Å²) in [4.78, 5) is 12.4. The summed E-state index contributed by atoms with van der Waals surface area (Å²) >= 11 is 0. The molecule has 2 heterocycles. The number of carbonyl (C=O) groups is 1. The number of aromatic hydroxyl groups is 1. The molecule has 40 heavy (non-hydrogen) atoms. The first-order valence-electron chi connectivity index (χ1n) is 12.8. The first-order valence-corrected chi connectivity index (χ1v) is 12.8. The molecule has 3 rings (SSSR count). The highest BCUT2D eigenvalue weighted by molar-refractivity contribution is 5.87. The Bertz CT molecular complexity index is 1030. The Morgan fingerprint density at radius 2 is 1.88 bits per heavy atom. The minimum atomic E-state index is -2.06. The van der Waals surface area contributed by atoms with Gasteiger partial charge in [-0.15, -0.1) is 6.58 Å². The van der Waals surface area contributed by atoms with Crippen molar-refractivity contribution in [2.45, 2.75) is 81.0 Å². The molecule has 13 nitrogen and oxygen atoms in total. The Balaban J connectivity index is 1.63. The van der Waals surface area contributed by atoms with Crippen LogP contribution in [0.4, 0.5) is 0 Å². The number of benzene rings is 1. The summed E-state index contributed by atoms with van der Waals surface area (Å²) < 4.78 is 27.5. The third-order valence-electron chi connectivity index (χ3n) is 6.83. The molecule has 0 amide bonds. The molecule has 224 valence electrons. The second-order valence-electron chi connectivity index (χ2n) is 10.2. The van der Waals surface area contributed by atoms with Gasteiger partial charge in [0.1, 0.15) is 42.5 Å². The van der Waals surface area contributed by atoms with Crippen molar-refractivity contribution in [3.8, 4) is 11.5 Å². The molecule has 0 unspecified atom stereocenters. The van der Waals surface area contributed by atoms with Gasteiger partial charge in [-0.1, -0.05) is 12.2 Å². The minimum absolute atomic E-state index is 0.0256. The molecule has 0 aliphatic carbocycles. The molecule has 2 saturated heterocycles. The van der Waals surface area contributed by atoms with Crippen LogP contribution in [0.1, 0.15) is 26.7 Å². The summed E-state index contributed by atoms with van der Waals surface area (Å²) in [5.74, 6) is -0.577. The molecular formula is C27H38O13. The van der Waals surface area contributed by atoms with Gasteiger partial charge in [-0.25, -0.2) is 4.79 Å². The van der Waals surface area contributed by atoms with E-state index in [1.165, 1.54) is 37.3 Å². The lowest BCUT2D eigenvalue weighted by Crippen LogP contribution is -2.62. The molecule has 1 aromatic carbocycles. The normalized spacial score (nSPS) is 34.2. The van der Waals surface area contributed by atoms with Gasteiger partial charge in [-0.05, 0) is 51.0 Å². The third-order valence-corrected chi connectivity index (χ3v) is 6.83. The molecule has 2 aliphatic heterocycles. The Labute approximate surface area is 231 Å². The van der Waals surface area contributed by atoms with E-state index in [1.807, 2.05) is 0 Å². The number of aliphatic hydroxyl groups excluding tert-OH is 4. The molecule has 9 atom stereocenters. The Morgan fingerprint density at radius 3 is 2.50 bits per heavy atom. The van der Waals surface area contributed by atoms with E-state index in [-0.39, 0.29) is 17.1 Å². The molecule has 2 fully saturated rings. The zero-order valence-electron chi connectivity index (χ0n) is 22.3. The second-order valence-corrected chi connectivity index (χ2v) is 10.2. The van der Waals surface area contributed by atoms with Gasteiger partial charge in [0.05, 0.1) is 18.8 Å². The number of esters is 1. The fourth-order valence-corrected chi connectivity index (χ4v) is 4.08. The molecule has 0 aromatic heterocycles. The van der Waals surface area contributed by atoms with Gasteiger partial charge < -0.3 is 59.4 Å². The monoisotopic (exact) mass is 570 g/mol. The van der Waals surface area contributed by atoms with E-state index >= 15 is 0 Å². The summed E-state index contributed by atoms with van der Waals surface area (Å²) in [7, 11) is 0. The Hall–Kier alpha value is -2.59. The van der Waals surface area contributed by atoms with Crippen molar-refractivity contribution in [1.82, 2.24) is 0 Å². The van der Waals surface area contributed by atoms with Crippen molar-refractivity contribution in [2.75, 3.05) is 19.8 Å². The summed E-state index contributed by atoms with van der Waals surface area (Å²) in [6.45, 7) is 4.85. The zero-order chi connectivity index (χ0) is 29.7. The maximum Gasteiger partial charge on any atom is 0.333 e. The molecule has 13 heteroatoms. The van der Waals surface area contributed by atoms with Gasteiger partial charge in [0, 0.05) is 5.57 Å². The van der Waals surface area contributed by atoms with Crippen molar-refractivity contribution < 1.29 is 64.2 Å². The van der Waals surface area contributed by atoms with Gasteiger partial charge in [0.2, 0.25) is 6.29 Å². The van der Waals surface area contributed by atoms with Crippen molar-refractivity contribution in [3.63, 3.8) is 0 Å². The lowest BCUT2D eigenvalue weighted by molar-refractivity contribution is -0.318. The van der Waals surface area contributed by atoms with Gasteiger partial charge in [0.25, 0.3) is 0 Å². The number of ether oxygens (including phenoxy) is 5. The largest absolute Gasteiger partial charge is 0.508 e. The molecular weight excluding hydrogens is 532 g/mol. The van der Waals surface area contributed by atoms with Crippen molar-refractivity contribution in [2.24, 2.45) is 0 Å². The van der Waals surface area contributed by atoms with E-state index < -0.39 is 80.1 Å². The third kappa shape index (κ3) is 7.78. The van der Waals surface area contributed by atoms with Crippen LogP contribution >= 0.6 is 0 Å². The SMILES string of the molecule is C=C[C@@](C)(O)CCC=C(C)C(=O)OC[C@@]1(O)CO[C@@H](O[C@@H]2[C@@H](Oc3ccc(O)cc3)O[C@H](CO)[C@H](O)[C@@H]2O)[C@@H]1O. The van der Waals surface area contributed by atoms with E-state index in [9.17, 15) is 40.5 Å². The predicted molar refractivity (Wildman–Crippen MR) is 137 cm³/mol.